The van der Waals surface area contributed by atoms with Gasteiger partial charge in [0.15, 0.2) is 5.78 Å². The molecule has 6 heteroatoms. The lowest BCUT2D eigenvalue weighted by atomic mass is 9.94. The molecule has 0 unspecified atom stereocenters. The molecule has 0 N–H and O–H groups in total. The smallest absolute Gasteiger partial charge is 0.185 e. The molecule has 2 aliphatic rings. The molecule has 0 atom stereocenters. The zero-order chi connectivity index (χ0) is 21.9. The Bertz CT molecular complexity index is 1060. The molecule has 2 heterocycles. The number of aromatic nitrogens is 4. The minimum absolute atomic E-state index is 0.0356. The minimum atomic E-state index is 0.0356. The Hall–Kier alpha value is -3.02. The number of hydrogen-bond donors (Lipinski definition) is 0. The van der Waals surface area contributed by atoms with Crippen LogP contribution in [0.4, 0.5) is 5.82 Å². The van der Waals surface area contributed by atoms with Crippen LogP contribution < -0.4 is 4.90 Å². The largest absolute Gasteiger partial charge is 0.353 e. The molecule has 0 radical (unpaired) electrons. The predicted octanol–water partition coefficient (Wildman–Crippen LogP) is 4.85. The SMILES string of the molecule is Cn1ccnc1-c1ccc(CC(=O)c2cc(N(CC3CC3)C3CCCCC3)ncn2)cc1. The summed E-state index contributed by atoms with van der Waals surface area (Å²) in [6, 6.07) is 10.5. The number of benzene rings is 1. The van der Waals surface area contributed by atoms with E-state index in [0.29, 0.717) is 18.2 Å². The van der Waals surface area contributed by atoms with E-state index >= 15 is 0 Å². The molecule has 1 aromatic carbocycles. The van der Waals surface area contributed by atoms with Crippen LogP contribution in [0, 0.1) is 5.92 Å². The van der Waals surface area contributed by atoms with Gasteiger partial charge in [0.25, 0.3) is 0 Å². The van der Waals surface area contributed by atoms with Crippen LogP contribution in [0.3, 0.4) is 0 Å². The molecule has 5 rings (SSSR count). The summed E-state index contributed by atoms with van der Waals surface area (Å²) in [5.41, 5.74) is 2.54. The van der Waals surface area contributed by atoms with Gasteiger partial charge in [0.05, 0.1) is 0 Å². The van der Waals surface area contributed by atoms with E-state index in [1.54, 1.807) is 12.5 Å². The molecule has 3 aromatic rings. The van der Waals surface area contributed by atoms with Gasteiger partial charge < -0.3 is 9.47 Å². The highest BCUT2D eigenvalue weighted by Crippen LogP contribution is 2.34. The second kappa shape index (κ2) is 9.23. The third-order valence-corrected chi connectivity index (χ3v) is 6.80. The van der Waals surface area contributed by atoms with Gasteiger partial charge in [-0.05, 0) is 37.2 Å². The minimum Gasteiger partial charge on any atom is -0.353 e. The molecule has 6 nitrogen and oxygen atoms in total. The Kier molecular flexibility index (Phi) is 6.02. The second-order valence-electron chi connectivity index (χ2n) is 9.31. The van der Waals surface area contributed by atoms with Crippen LogP contribution in [0.25, 0.3) is 11.4 Å². The molecule has 0 aliphatic heterocycles. The number of ketones is 1. The lowest BCUT2D eigenvalue weighted by molar-refractivity contribution is 0.0988. The number of imidazole rings is 1. The fourth-order valence-electron chi connectivity index (χ4n) is 4.75. The number of anilines is 1. The van der Waals surface area contributed by atoms with Crippen LogP contribution in [0.15, 0.2) is 49.1 Å². The second-order valence-corrected chi connectivity index (χ2v) is 9.31. The van der Waals surface area contributed by atoms with Crippen LogP contribution in [-0.4, -0.2) is 37.9 Å². The Morgan fingerprint density at radius 2 is 1.81 bits per heavy atom. The molecule has 2 saturated carbocycles. The first kappa shape index (κ1) is 20.9. The number of nitrogens with zero attached hydrogens (tertiary/aromatic N) is 5. The molecule has 2 fully saturated rings. The van der Waals surface area contributed by atoms with E-state index in [2.05, 4.69) is 19.9 Å². The highest BCUT2D eigenvalue weighted by molar-refractivity contribution is 5.96. The highest BCUT2D eigenvalue weighted by Gasteiger charge is 2.30. The number of carbonyl (C=O) groups excluding carboxylic acids is 1. The maximum absolute atomic E-state index is 13.0. The molecule has 32 heavy (non-hydrogen) atoms. The maximum atomic E-state index is 13.0. The average molecular weight is 430 g/mol. The lowest BCUT2D eigenvalue weighted by Gasteiger charge is -2.35. The molecule has 0 bridgehead atoms. The van der Waals surface area contributed by atoms with E-state index in [0.717, 1.165) is 35.2 Å². The van der Waals surface area contributed by atoms with Crippen molar-refractivity contribution < 1.29 is 4.79 Å². The van der Waals surface area contributed by atoms with Crippen molar-refractivity contribution in [2.45, 2.75) is 57.4 Å². The summed E-state index contributed by atoms with van der Waals surface area (Å²) in [7, 11) is 1.98. The summed E-state index contributed by atoms with van der Waals surface area (Å²) in [6.07, 6.45) is 14.6. The Labute approximate surface area is 189 Å². The number of carbonyl (C=O) groups is 1. The third-order valence-electron chi connectivity index (χ3n) is 6.80. The first-order chi connectivity index (χ1) is 15.7. The van der Waals surface area contributed by atoms with E-state index in [9.17, 15) is 4.79 Å². The third kappa shape index (κ3) is 4.74. The van der Waals surface area contributed by atoms with Crippen molar-refractivity contribution in [2.75, 3.05) is 11.4 Å². The summed E-state index contributed by atoms with van der Waals surface area (Å²) in [6.45, 7) is 1.06. The Balaban J connectivity index is 1.30. The van der Waals surface area contributed by atoms with E-state index < -0.39 is 0 Å². The van der Waals surface area contributed by atoms with Gasteiger partial charge in [-0.1, -0.05) is 43.5 Å². The normalized spacial score (nSPS) is 16.8. The van der Waals surface area contributed by atoms with Crippen molar-refractivity contribution in [3.05, 3.63) is 60.3 Å². The first-order valence-electron chi connectivity index (χ1n) is 11.9. The van der Waals surface area contributed by atoms with Crippen molar-refractivity contribution in [1.82, 2.24) is 19.5 Å². The summed E-state index contributed by atoms with van der Waals surface area (Å²) < 4.78 is 1.99. The van der Waals surface area contributed by atoms with E-state index in [4.69, 9.17) is 0 Å². The molecular weight excluding hydrogens is 398 g/mol. The molecule has 2 aromatic heterocycles. The Morgan fingerprint density at radius 3 is 2.50 bits per heavy atom. The standard InChI is InChI=1S/C26H31N5O/c1-30-14-13-27-26(30)21-11-9-19(10-12-21)15-24(32)23-16-25(29-18-28-23)31(17-20-7-8-20)22-5-3-2-4-6-22/h9-14,16,18,20,22H,2-8,15,17H2,1H3. The number of Topliss-reactive ketones (excluding diaryl/α,β-unsaturated/α-hetero) is 1. The zero-order valence-corrected chi connectivity index (χ0v) is 18.8. The van der Waals surface area contributed by atoms with Crippen molar-refractivity contribution in [2.24, 2.45) is 13.0 Å². The van der Waals surface area contributed by atoms with Crippen LogP contribution in [0.1, 0.15) is 61.0 Å². The van der Waals surface area contributed by atoms with Gasteiger partial charge in [-0.3, -0.25) is 4.79 Å². The predicted molar refractivity (Wildman–Crippen MR) is 126 cm³/mol. The molecule has 0 amide bonds. The fourth-order valence-corrected chi connectivity index (χ4v) is 4.75. The van der Waals surface area contributed by atoms with Gasteiger partial charge in [0.2, 0.25) is 0 Å². The van der Waals surface area contributed by atoms with Crippen molar-refractivity contribution >= 4 is 11.6 Å². The summed E-state index contributed by atoms with van der Waals surface area (Å²) >= 11 is 0. The summed E-state index contributed by atoms with van der Waals surface area (Å²) in [5.74, 6) is 2.66. The van der Waals surface area contributed by atoms with Gasteiger partial charge >= 0.3 is 0 Å². The van der Waals surface area contributed by atoms with Crippen LogP contribution >= 0.6 is 0 Å². The number of aryl methyl sites for hydroxylation is 1. The lowest BCUT2D eigenvalue weighted by Crippen LogP contribution is -2.39. The van der Waals surface area contributed by atoms with Crippen LogP contribution in [0.2, 0.25) is 0 Å². The topological polar surface area (TPSA) is 63.9 Å². The zero-order valence-electron chi connectivity index (χ0n) is 18.8. The van der Waals surface area contributed by atoms with Crippen molar-refractivity contribution in [3.63, 3.8) is 0 Å². The van der Waals surface area contributed by atoms with E-state index in [1.165, 1.54) is 44.9 Å². The van der Waals surface area contributed by atoms with Gasteiger partial charge in [-0.15, -0.1) is 0 Å². The van der Waals surface area contributed by atoms with Gasteiger partial charge in [-0.25, -0.2) is 15.0 Å². The van der Waals surface area contributed by atoms with E-state index in [1.807, 2.05) is 48.1 Å². The van der Waals surface area contributed by atoms with Gasteiger partial charge in [-0.2, -0.15) is 0 Å². The van der Waals surface area contributed by atoms with Crippen molar-refractivity contribution in [1.29, 1.82) is 0 Å². The van der Waals surface area contributed by atoms with Crippen molar-refractivity contribution in [3.8, 4) is 11.4 Å². The fraction of sp³-hybridized carbons (Fsp3) is 0.462. The molecule has 0 saturated heterocycles. The summed E-state index contributed by atoms with van der Waals surface area (Å²) in [4.78, 5) is 28.8. The monoisotopic (exact) mass is 429 g/mol. The van der Waals surface area contributed by atoms with Crippen LogP contribution in [0.5, 0.6) is 0 Å². The highest BCUT2D eigenvalue weighted by atomic mass is 16.1. The number of rotatable bonds is 8. The van der Waals surface area contributed by atoms with Gasteiger partial charge in [0, 0.05) is 50.1 Å². The quantitative estimate of drug-likeness (QED) is 0.479. The first-order valence-corrected chi connectivity index (χ1v) is 11.9. The van der Waals surface area contributed by atoms with Crippen LogP contribution in [-0.2, 0) is 13.5 Å². The maximum Gasteiger partial charge on any atom is 0.185 e. The molecule has 2 aliphatic carbocycles. The summed E-state index contributed by atoms with van der Waals surface area (Å²) in [5, 5.41) is 0. The van der Waals surface area contributed by atoms with E-state index in [-0.39, 0.29) is 5.78 Å². The average Bonchev–Trinajstić information content (AvgIpc) is 3.56. The molecular formula is C26H31N5O. The Morgan fingerprint density at radius 1 is 1.03 bits per heavy atom. The molecule has 166 valence electrons. The number of hydrogen-bond acceptors (Lipinski definition) is 5. The van der Waals surface area contributed by atoms with Gasteiger partial charge in [0.1, 0.15) is 23.7 Å². The molecule has 0 spiro atoms.